The molecule has 3 N–H and O–H groups in total. The van der Waals surface area contributed by atoms with Crippen molar-refractivity contribution in [3.8, 4) is 0 Å². The summed E-state index contributed by atoms with van der Waals surface area (Å²) in [5.41, 5.74) is 0. The predicted octanol–water partition coefficient (Wildman–Crippen LogP) is 3.09. The predicted molar refractivity (Wildman–Crippen MR) is 122 cm³/mol. The highest BCUT2D eigenvalue weighted by Gasteiger charge is 2.31. The Kier molecular flexibility index (Phi) is 11.0. The Labute approximate surface area is 192 Å². The second-order valence-electron chi connectivity index (χ2n) is 9.78. The van der Waals surface area contributed by atoms with Crippen LogP contribution in [0.2, 0.25) is 0 Å². The quantitative estimate of drug-likeness (QED) is 0.395. The maximum atomic E-state index is 12.8. The van der Waals surface area contributed by atoms with Crippen LogP contribution in [0, 0.1) is 17.8 Å². The van der Waals surface area contributed by atoms with Crippen molar-refractivity contribution in [1.82, 2.24) is 16.0 Å². The molecule has 0 bridgehead atoms. The Hall–Kier alpha value is -2.12. The minimum absolute atomic E-state index is 0.0871. The van der Waals surface area contributed by atoms with E-state index in [2.05, 4.69) is 22.9 Å². The zero-order chi connectivity index (χ0) is 23.5. The summed E-state index contributed by atoms with van der Waals surface area (Å²) in [6.07, 6.45) is 8.87. The van der Waals surface area contributed by atoms with Crippen LogP contribution in [0.4, 0.5) is 4.79 Å². The van der Waals surface area contributed by atoms with Crippen LogP contribution in [-0.2, 0) is 19.1 Å². The average Bonchev–Trinajstić information content (AvgIpc) is 3.16. The molecule has 2 rings (SSSR count). The number of hydrogen-bond acceptors (Lipinski definition) is 5. The van der Waals surface area contributed by atoms with Gasteiger partial charge in [-0.15, -0.1) is 0 Å². The lowest BCUT2D eigenvalue weighted by Gasteiger charge is -2.29. The van der Waals surface area contributed by atoms with Crippen molar-refractivity contribution in [2.75, 3.05) is 6.54 Å². The first kappa shape index (κ1) is 26.1. The highest BCUT2D eigenvalue weighted by atomic mass is 16.6. The van der Waals surface area contributed by atoms with E-state index in [-0.39, 0.29) is 30.3 Å². The van der Waals surface area contributed by atoms with E-state index in [0.717, 1.165) is 31.6 Å². The third-order valence-corrected chi connectivity index (χ3v) is 6.54. The smallest absolute Gasteiger partial charge is 0.408 e. The largest absolute Gasteiger partial charge is 0.446 e. The van der Waals surface area contributed by atoms with Crippen LogP contribution in [0.3, 0.4) is 0 Å². The van der Waals surface area contributed by atoms with E-state index in [0.29, 0.717) is 25.7 Å². The Balaban J connectivity index is 1.84. The van der Waals surface area contributed by atoms with Crippen LogP contribution in [0.5, 0.6) is 0 Å². The number of rotatable bonds is 12. The fourth-order valence-electron chi connectivity index (χ4n) is 4.67. The van der Waals surface area contributed by atoms with Crippen LogP contribution in [0.1, 0.15) is 85.0 Å². The topological polar surface area (TPSA) is 114 Å². The number of carbonyl (C=O) groups is 4. The van der Waals surface area contributed by atoms with Crippen molar-refractivity contribution >= 4 is 24.2 Å². The van der Waals surface area contributed by atoms with E-state index in [1.807, 2.05) is 13.8 Å². The zero-order valence-electron chi connectivity index (χ0n) is 19.9. The number of unbranched alkanes of at least 4 members (excludes halogenated alkanes) is 1. The van der Waals surface area contributed by atoms with E-state index in [4.69, 9.17) is 4.74 Å². The van der Waals surface area contributed by atoms with E-state index in [1.165, 1.54) is 19.3 Å². The van der Waals surface area contributed by atoms with E-state index >= 15 is 0 Å². The maximum absolute atomic E-state index is 12.8. The highest BCUT2D eigenvalue weighted by molar-refractivity contribution is 5.88. The van der Waals surface area contributed by atoms with Gasteiger partial charge in [0.25, 0.3) is 0 Å². The van der Waals surface area contributed by atoms with Gasteiger partial charge in [0.15, 0.2) is 0 Å². The molecule has 0 radical (unpaired) electrons. The molecule has 1 saturated carbocycles. The summed E-state index contributed by atoms with van der Waals surface area (Å²) in [5, 5.41) is 8.14. The zero-order valence-corrected chi connectivity index (χ0v) is 19.9. The molecule has 1 heterocycles. The number of carbonyl (C=O) groups excluding carboxylic acids is 4. The summed E-state index contributed by atoms with van der Waals surface area (Å²) < 4.78 is 5.61. The van der Waals surface area contributed by atoms with Crippen LogP contribution in [-0.4, -0.2) is 48.9 Å². The summed E-state index contributed by atoms with van der Waals surface area (Å²) in [7, 11) is 0. The minimum Gasteiger partial charge on any atom is -0.446 e. The van der Waals surface area contributed by atoms with Crippen molar-refractivity contribution in [1.29, 1.82) is 0 Å². The first-order valence-electron chi connectivity index (χ1n) is 12.3. The van der Waals surface area contributed by atoms with E-state index in [1.54, 1.807) is 0 Å². The maximum Gasteiger partial charge on any atom is 0.408 e. The number of nitrogens with one attached hydrogen (secondary N) is 3. The summed E-state index contributed by atoms with van der Waals surface area (Å²) in [5.74, 6) is 0.0969. The third-order valence-electron chi connectivity index (χ3n) is 6.54. The average molecular weight is 452 g/mol. The molecular weight excluding hydrogens is 410 g/mol. The van der Waals surface area contributed by atoms with Gasteiger partial charge in [0.2, 0.25) is 11.8 Å². The Morgan fingerprint density at radius 3 is 2.44 bits per heavy atom. The normalized spacial score (nSPS) is 25.0. The van der Waals surface area contributed by atoms with Crippen molar-refractivity contribution in [2.45, 2.75) is 103 Å². The number of ether oxygens (including phenoxy) is 1. The fraction of sp³-hybridized carbons (Fsp3) is 0.833. The van der Waals surface area contributed by atoms with Gasteiger partial charge in [-0.05, 0) is 56.8 Å². The molecule has 182 valence electrons. The molecule has 1 aliphatic heterocycles. The van der Waals surface area contributed by atoms with Crippen LogP contribution in [0.25, 0.3) is 0 Å². The molecule has 0 spiro atoms. The molecule has 32 heavy (non-hydrogen) atoms. The molecule has 0 aromatic carbocycles. The Morgan fingerprint density at radius 1 is 1.16 bits per heavy atom. The standard InChI is InChI=1S/C24H41N3O5/c1-4-5-6-17-7-9-20(10-8-17)32-24(31)27-21(13-16(2)3)23(30)26-19(15-28)14-18-11-12-25-22(18)29/h15-21H,4-14H2,1-3H3,(H,25,29)(H,26,30)(H,27,31)/t17?,18-,19?,20?,21?/m0/s1. The molecule has 0 aromatic rings. The Bertz CT molecular complexity index is 631. The van der Waals surface area contributed by atoms with Crippen molar-refractivity contribution in [3.63, 3.8) is 0 Å². The molecule has 0 aromatic heterocycles. The van der Waals surface area contributed by atoms with Crippen LogP contribution in [0.15, 0.2) is 0 Å². The molecule has 2 unspecified atom stereocenters. The van der Waals surface area contributed by atoms with Crippen molar-refractivity contribution < 1.29 is 23.9 Å². The second kappa shape index (κ2) is 13.4. The van der Waals surface area contributed by atoms with Gasteiger partial charge in [-0.2, -0.15) is 0 Å². The van der Waals surface area contributed by atoms with E-state index < -0.39 is 24.1 Å². The van der Waals surface area contributed by atoms with Crippen molar-refractivity contribution in [3.05, 3.63) is 0 Å². The molecule has 3 atom stereocenters. The highest BCUT2D eigenvalue weighted by Crippen LogP contribution is 2.29. The summed E-state index contributed by atoms with van der Waals surface area (Å²) in [6.45, 7) is 6.72. The number of alkyl carbamates (subject to hydrolysis) is 1. The van der Waals surface area contributed by atoms with Crippen LogP contribution >= 0.6 is 0 Å². The molecule has 2 aliphatic rings. The van der Waals surface area contributed by atoms with Gasteiger partial charge in [0.05, 0.1) is 6.04 Å². The van der Waals surface area contributed by atoms with Gasteiger partial charge in [0, 0.05) is 12.5 Å². The van der Waals surface area contributed by atoms with Crippen molar-refractivity contribution in [2.24, 2.45) is 17.8 Å². The van der Waals surface area contributed by atoms with Crippen LogP contribution < -0.4 is 16.0 Å². The Morgan fingerprint density at radius 2 is 1.88 bits per heavy atom. The lowest BCUT2D eigenvalue weighted by atomic mass is 9.84. The van der Waals surface area contributed by atoms with Gasteiger partial charge in [-0.25, -0.2) is 4.79 Å². The molecule has 3 amide bonds. The lowest BCUT2D eigenvalue weighted by molar-refractivity contribution is -0.127. The fourth-order valence-corrected chi connectivity index (χ4v) is 4.67. The van der Waals surface area contributed by atoms with Gasteiger partial charge in [-0.1, -0.05) is 40.0 Å². The second-order valence-corrected chi connectivity index (χ2v) is 9.78. The SMILES string of the molecule is CCCCC1CCC(OC(=O)NC(CC(C)C)C(=O)NC(C=O)C[C@@H]2CCNC2=O)CC1. The summed E-state index contributed by atoms with van der Waals surface area (Å²) >= 11 is 0. The molecule has 1 aliphatic carbocycles. The number of aldehydes is 1. The summed E-state index contributed by atoms with van der Waals surface area (Å²) in [6, 6.07) is -1.55. The monoisotopic (exact) mass is 451 g/mol. The number of hydrogen-bond donors (Lipinski definition) is 3. The lowest BCUT2D eigenvalue weighted by Crippen LogP contribution is -2.51. The molecular formula is C24H41N3O5. The van der Waals surface area contributed by atoms with E-state index in [9.17, 15) is 19.2 Å². The molecule has 8 nitrogen and oxygen atoms in total. The van der Waals surface area contributed by atoms with Gasteiger partial charge in [-0.3, -0.25) is 9.59 Å². The first-order valence-corrected chi connectivity index (χ1v) is 12.3. The number of amides is 3. The summed E-state index contributed by atoms with van der Waals surface area (Å²) in [4.78, 5) is 48.6. The van der Waals surface area contributed by atoms with Gasteiger partial charge < -0.3 is 25.5 Å². The molecule has 8 heteroatoms. The van der Waals surface area contributed by atoms with Gasteiger partial charge in [0.1, 0.15) is 18.4 Å². The minimum atomic E-state index is -0.789. The first-order chi connectivity index (χ1) is 15.3. The molecule has 2 fully saturated rings. The van der Waals surface area contributed by atoms with Gasteiger partial charge >= 0.3 is 6.09 Å². The third kappa shape index (κ3) is 8.79. The molecule has 1 saturated heterocycles.